The van der Waals surface area contributed by atoms with E-state index in [9.17, 15) is 14.4 Å². The van der Waals surface area contributed by atoms with Crippen molar-refractivity contribution in [3.8, 4) is 11.8 Å². The van der Waals surface area contributed by atoms with E-state index in [-0.39, 0.29) is 40.7 Å². The van der Waals surface area contributed by atoms with Gasteiger partial charge in [-0.1, -0.05) is 41.9 Å². The van der Waals surface area contributed by atoms with Crippen molar-refractivity contribution in [2.45, 2.75) is 53.1 Å². The van der Waals surface area contributed by atoms with Crippen LogP contribution in [0, 0.1) is 42.2 Å². The van der Waals surface area contributed by atoms with Crippen molar-refractivity contribution in [3.05, 3.63) is 116 Å². The van der Waals surface area contributed by atoms with Crippen LogP contribution in [-0.4, -0.2) is 5.78 Å². The SMILES string of the molecule is Cc1cc(C)c(C2C(C#N)=C(N)N(c3ccc(Br)cc3F)C3=C2C(=O)CC(C)(C)C3)cc1COc1ccc(F)cc1. The van der Waals surface area contributed by atoms with Gasteiger partial charge in [-0.2, -0.15) is 5.26 Å². The highest BCUT2D eigenvalue weighted by Gasteiger charge is 2.45. The maximum Gasteiger partial charge on any atom is 0.162 e. The molecule has 2 aliphatic rings. The van der Waals surface area contributed by atoms with Crippen molar-refractivity contribution < 1.29 is 18.3 Å². The Morgan fingerprint density at radius 2 is 1.78 bits per heavy atom. The average molecular weight is 619 g/mol. The Labute approximate surface area is 247 Å². The predicted octanol–water partition coefficient (Wildman–Crippen LogP) is 7.86. The maximum absolute atomic E-state index is 15.3. The monoisotopic (exact) mass is 617 g/mol. The molecule has 0 aromatic heterocycles. The van der Waals surface area contributed by atoms with Gasteiger partial charge in [0, 0.05) is 22.2 Å². The standard InChI is InChI=1S/C33H30BrF2N3O2/c1-18-11-19(2)24(12-20(18)17-41-23-8-6-22(35)7-9-23)30-25(16-37)32(38)39(27-10-5-21(34)13-26(27)36)28-14-33(3,4)15-29(40)31(28)30/h5-13,30H,14-15,17,38H2,1-4H3. The number of ketones is 1. The summed E-state index contributed by atoms with van der Waals surface area (Å²) < 4.78 is 35.2. The van der Waals surface area contributed by atoms with Crippen molar-refractivity contribution in [1.29, 1.82) is 5.26 Å². The third-order valence-corrected chi connectivity index (χ3v) is 8.27. The molecule has 5 nitrogen and oxygen atoms in total. The molecule has 0 fully saturated rings. The van der Waals surface area contributed by atoms with Crippen LogP contribution in [-0.2, 0) is 11.4 Å². The Bertz CT molecular complexity index is 1670. The number of allylic oxidation sites excluding steroid dienone is 3. The van der Waals surface area contributed by atoms with Crippen LogP contribution in [0.25, 0.3) is 0 Å². The highest BCUT2D eigenvalue weighted by atomic mass is 79.9. The molecule has 0 radical (unpaired) electrons. The lowest BCUT2D eigenvalue weighted by molar-refractivity contribution is -0.118. The summed E-state index contributed by atoms with van der Waals surface area (Å²) in [7, 11) is 0. The lowest BCUT2D eigenvalue weighted by atomic mass is 9.68. The number of hydrogen-bond donors (Lipinski definition) is 1. The highest BCUT2D eigenvalue weighted by Crippen LogP contribution is 2.51. The number of ether oxygens (including phenoxy) is 1. The number of nitrogens with two attached hydrogens (primary N) is 1. The fourth-order valence-electron chi connectivity index (χ4n) is 5.83. The molecule has 8 heteroatoms. The van der Waals surface area contributed by atoms with Gasteiger partial charge in [0.1, 0.15) is 29.8 Å². The molecule has 0 spiro atoms. The molecule has 1 atom stereocenters. The first-order valence-corrected chi connectivity index (χ1v) is 14.1. The number of hydrogen-bond acceptors (Lipinski definition) is 5. The smallest absolute Gasteiger partial charge is 0.162 e. The number of nitriles is 1. The van der Waals surface area contributed by atoms with Gasteiger partial charge in [0.25, 0.3) is 0 Å². The largest absolute Gasteiger partial charge is 0.489 e. The van der Waals surface area contributed by atoms with E-state index >= 15 is 4.39 Å². The maximum atomic E-state index is 15.3. The molecule has 1 aliphatic carbocycles. The quantitative estimate of drug-likeness (QED) is 0.315. The van der Waals surface area contributed by atoms with Gasteiger partial charge in [-0.25, -0.2) is 8.78 Å². The van der Waals surface area contributed by atoms with E-state index in [2.05, 4.69) is 22.0 Å². The first-order chi connectivity index (χ1) is 19.4. The molecule has 1 unspecified atom stereocenters. The molecule has 1 heterocycles. The molecule has 5 rings (SSSR count). The van der Waals surface area contributed by atoms with Gasteiger partial charge < -0.3 is 10.5 Å². The molecule has 210 valence electrons. The first kappa shape index (κ1) is 28.6. The minimum Gasteiger partial charge on any atom is -0.489 e. The second-order valence-corrected chi connectivity index (χ2v) is 12.4. The zero-order chi connectivity index (χ0) is 29.6. The Kier molecular flexibility index (Phi) is 7.52. The van der Waals surface area contributed by atoms with E-state index in [1.165, 1.54) is 18.2 Å². The van der Waals surface area contributed by atoms with Crippen LogP contribution in [0.15, 0.2) is 81.7 Å². The summed E-state index contributed by atoms with van der Waals surface area (Å²) in [4.78, 5) is 15.4. The number of halogens is 3. The van der Waals surface area contributed by atoms with Crippen molar-refractivity contribution in [2.75, 3.05) is 4.90 Å². The summed E-state index contributed by atoms with van der Waals surface area (Å²) in [6.07, 6.45) is 0.772. The van der Waals surface area contributed by atoms with Gasteiger partial charge in [0.05, 0.1) is 23.2 Å². The third kappa shape index (κ3) is 5.39. The van der Waals surface area contributed by atoms with Crippen LogP contribution in [0.1, 0.15) is 54.9 Å². The van der Waals surface area contributed by atoms with Crippen LogP contribution in [0.3, 0.4) is 0 Å². The van der Waals surface area contributed by atoms with Gasteiger partial charge in [-0.05, 0) is 90.4 Å². The molecule has 0 amide bonds. The molecule has 0 saturated carbocycles. The van der Waals surface area contributed by atoms with E-state index < -0.39 is 11.7 Å². The zero-order valence-corrected chi connectivity index (χ0v) is 24.9. The van der Waals surface area contributed by atoms with Crippen LogP contribution < -0.4 is 15.4 Å². The Hall–Kier alpha value is -3.96. The molecule has 3 aromatic carbocycles. The highest BCUT2D eigenvalue weighted by molar-refractivity contribution is 9.10. The van der Waals surface area contributed by atoms with Gasteiger partial charge in [-0.15, -0.1) is 0 Å². The topological polar surface area (TPSA) is 79.4 Å². The normalized spacial score (nSPS) is 18.3. The summed E-state index contributed by atoms with van der Waals surface area (Å²) in [5.74, 6) is -1.04. The molecule has 0 bridgehead atoms. The average Bonchev–Trinajstić information content (AvgIpc) is 2.89. The van der Waals surface area contributed by atoms with Crippen molar-refractivity contribution in [1.82, 2.24) is 0 Å². The number of benzene rings is 3. The van der Waals surface area contributed by atoms with Gasteiger partial charge in [0.15, 0.2) is 5.78 Å². The third-order valence-electron chi connectivity index (χ3n) is 7.78. The fraction of sp³-hybridized carbons (Fsp3) is 0.273. The van der Waals surface area contributed by atoms with E-state index in [0.29, 0.717) is 34.3 Å². The second-order valence-electron chi connectivity index (χ2n) is 11.5. The van der Waals surface area contributed by atoms with Crippen molar-refractivity contribution in [3.63, 3.8) is 0 Å². The molecular weight excluding hydrogens is 588 g/mol. The van der Waals surface area contributed by atoms with Gasteiger partial charge in [-0.3, -0.25) is 9.69 Å². The van der Waals surface area contributed by atoms with E-state index in [1.54, 1.807) is 29.2 Å². The Morgan fingerprint density at radius 1 is 1.07 bits per heavy atom. The van der Waals surface area contributed by atoms with Crippen LogP contribution in [0.2, 0.25) is 0 Å². The van der Waals surface area contributed by atoms with Crippen molar-refractivity contribution in [2.24, 2.45) is 11.1 Å². The minimum atomic E-state index is -0.710. The van der Waals surface area contributed by atoms with Crippen LogP contribution in [0.5, 0.6) is 5.75 Å². The number of carbonyl (C=O) groups excluding carboxylic acids is 1. The van der Waals surface area contributed by atoms with Gasteiger partial charge in [0.2, 0.25) is 0 Å². The molecular formula is C33H30BrF2N3O2. The fourth-order valence-corrected chi connectivity index (χ4v) is 6.17. The summed E-state index contributed by atoms with van der Waals surface area (Å²) in [6, 6.07) is 16.7. The molecule has 0 saturated heterocycles. The summed E-state index contributed by atoms with van der Waals surface area (Å²) >= 11 is 3.30. The summed E-state index contributed by atoms with van der Waals surface area (Å²) in [6.45, 7) is 8.12. The van der Waals surface area contributed by atoms with Crippen LogP contribution in [0.4, 0.5) is 14.5 Å². The number of carbonyl (C=O) groups is 1. The second kappa shape index (κ2) is 10.8. The first-order valence-electron chi connectivity index (χ1n) is 13.3. The van der Waals surface area contributed by atoms with Crippen molar-refractivity contribution >= 4 is 27.4 Å². The minimum absolute atomic E-state index is 0.0897. The number of aryl methyl sites for hydroxylation is 2. The number of Topliss-reactive ketones (excluding diaryl/α,β-unsaturated/α-hetero) is 1. The molecule has 2 N–H and O–H groups in total. The Morgan fingerprint density at radius 3 is 2.44 bits per heavy atom. The Balaban J connectivity index is 1.67. The van der Waals surface area contributed by atoms with E-state index in [1.807, 2.05) is 39.8 Å². The number of nitrogens with zero attached hydrogens (tertiary/aromatic N) is 2. The van der Waals surface area contributed by atoms with Crippen LogP contribution >= 0.6 is 15.9 Å². The van der Waals surface area contributed by atoms with E-state index in [4.69, 9.17) is 10.5 Å². The van der Waals surface area contributed by atoms with E-state index in [0.717, 1.165) is 22.3 Å². The number of anilines is 1. The summed E-state index contributed by atoms with van der Waals surface area (Å²) in [5.41, 5.74) is 11.3. The predicted molar refractivity (Wildman–Crippen MR) is 158 cm³/mol. The summed E-state index contributed by atoms with van der Waals surface area (Å²) in [5, 5.41) is 10.4. The lowest BCUT2D eigenvalue weighted by Gasteiger charge is -2.44. The molecule has 1 aliphatic heterocycles. The lowest BCUT2D eigenvalue weighted by Crippen LogP contribution is -2.42. The number of rotatable bonds is 5. The van der Waals surface area contributed by atoms with Gasteiger partial charge >= 0.3 is 0 Å². The molecule has 3 aromatic rings. The molecule has 41 heavy (non-hydrogen) atoms. The zero-order valence-electron chi connectivity index (χ0n) is 23.3.